The number of amides is 1. The van der Waals surface area contributed by atoms with Gasteiger partial charge in [-0.3, -0.25) is 9.48 Å². The summed E-state index contributed by atoms with van der Waals surface area (Å²) in [4.78, 5) is 18.4. The van der Waals surface area contributed by atoms with Crippen molar-refractivity contribution in [3.63, 3.8) is 0 Å². The predicted molar refractivity (Wildman–Crippen MR) is 128 cm³/mol. The molecule has 0 atom stereocenters. The molecule has 29 heavy (non-hydrogen) atoms. The molecule has 2 N–H and O–H groups in total. The maximum atomic E-state index is 11.8. The van der Waals surface area contributed by atoms with Crippen LogP contribution in [-0.4, -0.2) is 41.3 Å². The first-order chi connectivity index (χ1) is 13.7. The Labute approximate surface area is 190 Å². The maximum Gasteiger partial charge on any atom is 0.227 e. The molecule has 1 aliphatic heterocycles. The zero-order valence-corrected chi connectivity index (χ0v) is 19.6. The molecule has 1 fully saturated rings. The van der Waals surface area contributed by atoms with E-state index in [9.17, 15) is 4.79 Å². The lowest BCUT2D eigenvalue weighted by Gasteiger charge is -2.16. The minimum Gasteiger partial charge on any atom is -0.357 e. The van der Waals surface area contributed by atoms with Crippen LogP contribution in [0.2, 0.25) is 0 Å². The van der Waals surface area contributed by atoms with Crippen LogP contribution in [-0.2, 0) is 17.9 Å². The minimum absolute atomic E-state index is 0. The topological polar surface area (TPSA) is 74.6 Å². The van der Waals surface area contributed by atoms with Gasteiger partial charge in [-0.15, -0.1) is 24.0 Å². The number of nitrogens with zero attached hydrogens (tertiary/aromatic N) is 4. The lowest BCUT2D eigenvalue weighted by molar-refractivity contribution is -0.117. The van der Waals surface area contributed by atoms with Crippen molar-refractivity contribution >= 4 is 41.5 Å². The highest BCUT2D eigenvalue weighted by Crippen LogP contribution is 2.21. The second kappa shape index (κ2) is 11.8. The van der Waals surface area contributed by atoms with E-state index >= 15 is 0 Å². The Morgan fingerprint density at radius 3 is 2.66 bits per heavy atom. The fourth-order valence-corrected chi connectivity index (χ4v) is 3.25. The number of aromatic nitrogens is 2. The van der Waals surface area contributed by atoms with Crippen LogP contribution in [0.15, 0.2) is 41.7 Å². The number of aryl methyl sites for hydroxylation is 2. The van der Waals surface area contributed by atoms with Gasteiger partial charge in [0.25, 0.3) is 0 Å². The van der Waals surface area contributed by atoms with Gasteiger partial charge in [-0.2, -0.15) is 5.10 Å². The van der Waals surface area contributed by atoms with Gasteiger partial charge < -0.3 is 15.5 Å². The number of hydrogen-bond acceptors (Lipinski definition) is 3. The first-order valence-electron chi connectivity index (χ1n) is 10.1. The van der Waals surface area contributed by atoms with Crippen molar-refractivity contribution in [3.8, 4) is 0 Å². The second-order valence-corrected chi connectivity index (χ2v) is 7.07. The van der Waals surface area contributed by atoms with Crippen molar-refractivity contribution in [2.75, 3.05) is 24.5 Å². The zero-order chi connectivity index (χ0) is 19.8. The van der Waals surface area contributed by atoms with Gasteiger partial charge in [-0.1, -0.05) is 12.1 Å². The molecule has 0 spiro atoms. The van der Waals surface area contributed by atoms with Crippen molar-refractivity contribution in [3.05, 3.63) is 47.8 Å². The molecule has 1 aromatic carbocycles. The van der Waals surface area contributed by atoms with Gasteiger partial charge in [-0.25, -0.2) is 4.99 Å². The summed E-state index contributed by atoms with van der Waals surface area (Å²) in [5.74, 6) is 1.03. The lowest BCUT2D eigenvalue weighted by Crippen LogP contribution is -2.38. The fourth-order valence-electron chi connectivity index (χ4n) is 3.25. The van der Waals surface area contributed by atoms with Crippen LogP contribution in [0.25, 0.3) is 0 Å². The van der Waals surface area contributed by atoms with Gasteiger partial charge in [-0.05, 0) is 49.9 Å². The molecule has 8 heteroatoms. The molecule has 3 rings (SSSR count). The fraction of sp³-hybridized carbons (Fsp3) is 0.476. The van der Waals surface area contributed by atoms with Gasteiger partial charge in [0.05, 0.1) is 12.7 Å². The lowest BCUT2D eigenvalue weighted by atomic mass is 10.2. The minimum atomic E-state index is 0. The summed E-state index contributed by atoms with van der Waals surface area (Å²) < 4.78 is 1.97. The van der Waals surface area contributed by atoms with Crippen LogP contribution in [0, 0.1) is 6.92 Å². The van der Waals surface area contributed by atoms with Crippen molar-refractivity contribution < 1.29 is 4.79 Å². The van der Waals surface area contributed by atoms with E-state index in [4.69, 9.17) is 0 Å². The summed E-state index contributed by atoms with van der Waals surface area (Å²) >= 11 is 0. The van der Waals surface area contributed by atoms with E-state index in [1.165, 1.54) is 5.56 Å². The van der Waals surface area contributed by atoms with Crippen LogP contribution < -0.4 is 15.5 Å². The molecule has 0 bridgehead atoms. The van der Waals surface area contributed by atoms with Gasteiger partial charge >= 0.3 is 0 Å². The Hall–Kier alpha value is -2.10. The Bertz CT molecular complexity index is 802. The summed E-state index contributed by atoms with van der Waals surface area (Å²) in [6, 6.07) is 8.13. The Kier molecular flexibility index (Phi) is 9.43. The number of halogens is 1. The number of guanidine groups is 1. The highest BCUT2D eigenvalue weighted by atomic mass is 127. The smallest absolute Gasteiger partial charge is 0.227 e. The van der Waals surface area contributed by atoms with E-state index in [0.717, 1.165) is 56.2 Å². The third-order valence-electron chi connectivity index (χ3n) is 4.70. The summed E-state index contributed by atoms with van der Waals surface area (Å²) in [6.45, 7) is 8.07. The number of carbonyl (C=O) groups excluding carboxylic acids is 1. The number of rotatable bonds is 8. The Morgan fingerprint density at radius 1 is 1.24 bits per heavy atom. The van der Waals surface area contributed by atoms with E-state index in [1.807, 2.05) is 47.0 Å². The van der Waals surface area contributed by atoms with Crippen molar-refractivity contribution in [1.29, 1.82) is 0 Å². The predicted octanol–water partition coefficient (Wildman–Crippen LogP) is 3.08. The first kappa shape index (κ1) is 23.2. The van der Waals surface area contributed by atoms with Crippen LogP contribution in [0.5, 0.6) is 0 Å². The van der Waals surface area contributed by atoms with E-state index in [-0.39, 0.29) is 29.9 Å². The van der Waals surface area contributed by atoms with E-state index < -0.39 is 0 Å². The van der Waals surface area contributed by atoms with Crippen molar-refractivity contribution in [2.45, 2.75) is 46.2 Å². The second-order valence-electron chi connectivity index (χ2n) is 7.07. The number of anilines is 1. The van der Waals surface area contributed by atoms with E-state index in [2.05, 4.69) is 33.8 Å². The number of nitrogens with one attached hydrogen (secondary N) is 2. The molecule has 2 heterocycles. The number of carbonyl (C=O) groups is 1. The molecular formula is C21H31IN6O. The van der Waals surface area contributed by atoms with Crippen molar-refractivity contribution in [1.82, 2.24) is 20.4 Å². The molecule has 2 aromatic rings. The molecule has 0 aliphatic carbocycles. The SMILES string of the molecule is CCNC(=NCc1ccc(N2CCCC2=O)cc1)NCCCn1cc(C)cn1.I. The zero-order valence-electron chi connectivity index (χ0n) is 17.2. The number of benzene rings is 1. The van der Waals surface area contributed by atoms with E-state index in [0.29, 0.717) is 13.0 Å². The van der Waals surface area contributed by atoms with Crippen LogP contribution in [0.4, 0.5) is 5.69 Å². The highest BCUT2D eigenvalue weighted by Gasteiger charge is 2.21. The average Bonchev–Trinajstić information content (AvgIpc) is 3.31. The van der Waals surface area contributed by atoms with Gasteiger partial charge in [0.15, 0.2) is 5.96 Å². The molecule has 1 aliphatic rings. The number of aliphatic imine (C=N–C) groups is 1. The van der Waals surface area contributed by atoms with Crippen LogP contribution >= 0.6 is 24.0 Å². The monoisotopic (exact) mass is 510 g/mol. The summed E-state index contributed by atoms with van der Waals surface area (Å²) in [5.41, 5.74) is 3.29. The average molecular weight is 510 g/mol. The molecule has 7 nitrogen and oxygen atoms in total. The summed E-state index contributed by atoms with van der Waals surface area (Å²) in [6.07, 6.45) is 6.51. The Balaban J connectivity index is 0.00000300. The van der Waals surface area contributed by atoms with Crippen LogP contribution in [0.1, 0.15) is 37.3 Å². The molecule has 0 radical (unpaired) electrons. The first-order valence-corrected chi connectivity index (χ1v) is 10.1. The third-order valence-corrected chi connectivity index (χ3v) is 4.70. The van der Waals surface area contributed by atoms with Crippen LogP contribution in [0.3, 0.4) is 0 Å². The van der Waals surface area contributed by atoms with Crippen molar-refractivity contribution in [2.24, 2.45) is 4.99 Å². The highest BCUT2D eigenvalue weighted by molar-refractivity contribution is 14.0. The summed E-state index contributed by atoms with van der Waals surface area (Å²) in [5, 5.41) is 11.0. The van der Waals surface area contributed by atoms with Gasteiger partial charge in [0.2, 0.25) is 5.91 Å². The van der Waals surface area contributed by atoms with E-state index in [1.54, 1.807) is 0 Å². The normalized spacial score (nSPS) is 14.1. The standard InChI is InChI=1S/C21H30N6O.HI/c1-3-22-21(23-11-5-12-26-16-17(2)14-25-26)24-15-18-7-9-19(10-8-18)27-13-4-6-20(27)28;/h7-10,14,16H,3-6,11-13,15H2,1-2H3,(H2,22,23,24);1H. The maximum absolute atomic E-state index is 11.8. The molecule has 158 valence electrons. The molecule has 0 unspecified atom stereocenters. The Morgan fingerprint density at radius 2 is 2.03 bits per heavy atom. The summed E-state index contributed by atoms with van der Waals surface area (Å²) in [7, 11) is 0. The van der Waals surface area contributed by atoms with Gasteiger partial charge in [0, 0.05) is 44.5 Å². The molecule has 1 amide bonds. The molecule has 1 saturated heterocycles. The van der Waals surface area contributed by atoms with Gasteiger partial charge in [0.1, 0.15) is 0 Å². The quantitative estimate of drug-likeness (QED) is 0.248. The molecule has 1 aromatic heterocycles. The molecule has 0 saturated carbocycles. The molecular weight excluding hydrogens is 479 g/mol. The largest absolute Gasteiger partial charge is 0.357 e. The number of hydrogen-bond donors (Lipinski definition) is 2. The third kappa shape index (κ3) is 7.02.